The van der Waals surface area contributed by atoms with E-state index in [4.69, 9.17) is 5.11 Å². The highest BCUT2D eigenvalue weighted by atomic mass is 16.3. The van der Waals surface area contributed by atoms with E-state index in [2.05, 4.69) is 17.3 Å². The second-order valence-electron chi connectivity index (χ2n) is 5.05. The number of hydrogen-bond acceptors (Lipinski definition) is 3. The topological polar surface area (TPSA) is 35.5 Å². The normalized spacial score (nSPS) is 25.3. The molecule has 84 valence electrons. The summed E-state index contributed by atoms with van der Waals surface area (Å²) < 4.78 is 0. The van der Waals surface area contributed by atoms with Crippen molar-refractivity contribution in [3.8, 4) is 0 Å². The van der Waals surface area contributed by atoms with E-state index in [1.165, 1.54) is 25.8 Å². The molecule has 1 unspecified atom stereocenters. The molecule has 1 fully saturated rings. The number of aliphatic hydroxyl groups excluding tert-OH is 1. The molecule has 0 aromatic rings. The van der Waals surface area contributed by atoms with Gasteiger partial charge in [-0.1, -0.05) is 6.42 Å². The molecule has 0 spiro atoms. The molecule has 14 heavy (non-hydrogen) atoms. The molecule has 0 bridgehead atoms. The summed E-state index contributed by atoms with van der Waals surface area (Å²) in [6.07, 6.45) is 3.96. The lowest BCUT2D eigenvalue weighted by molar-refractivity contribution is 0.145. The number of likely N-dealkylation sites (tertiary alicyclic amines) is 1. The van der Waals surface area contributed by atoms with Crippen molar-refractivity contribution in [2.24, 2.45) is 0 Å². The van der Waals surface area contributed by atoms with Crippen LogP contribution in [0.4, 0.5) is 0 Å². The third-order valence-corrected chi connectivity index (χ3v) is 3.13. The Kier molecular flexibility index (Phi) is 4.35. The number of aliphatic hydroxyl groups is 1. The molecule has 3 heteroatoms. The first-order valence-electron chi connectivity index (χ1n) is 5.61. The Labute approximate surface area is 87.5 Å². The van der Waals surface area contributed by atoms with Gasteiger partial charge in [0.05, 0.1) is 6.61 Å². The monoisotopic (exact) mass is 200 g/mol. The summed E-state index contributed by atoms with van der Waals surface area (Å²) in [5, 5.41) is 12.5. The Morgan fingerprint density at radius 3 is 2.71 bits per heavy atom. The van der Waals surface area contributed by atoms with Crippen LogP contribution in [0.5, 0.6) is 0 Å². The van der Waals surface area contributed by atoms with Gasteiger partial charge in [-0.05, 0) is 40.3 Å². The summed E-state index contributed by atoms with van der Waals surface area (Å²) in [4.78, 5) is 2.42. The van der Waals surface area contributed by atoms with Crippen molar-refractivity contribution in [1.82, 2.24) is 10.2 Å². The molecule has 3 nitrogen and oxygen atoms in total. The second-order valence-corrected chi connectivity index (χ2v) is 5.05. The minimum atomic E-state index is -0.141. The van der Waals surface area contributed by atoms with Gasteiger partial charge in [-0.15, -0.1) is 0 Å². The van der Waals surface area contributed by atoms with E-state index in [-0.39, 0.29) is 12.1 Å². The van der Waals surface area contributed by atoms with Gasteiger partial charge in [0, 0.05) is 18.1 Å². The highest BCUT2D eigenvalue weighted by Crippen LogP contribution is 2.14. The Bertz CT molecular complexity index is 171. The summed E-state index contributed by atoms with van der Waals surface area (Å²) >= 11 is 0. The van der Waals surface area contributed by atoms with Crippen LogP contribution in [0.1, 0.15) is 33.1 Å². The zero-order valence-electron chi connectivity index (χ0n) is 9.71. The van der Waals surface area contributed by atoms with E-state index in [9.17, 15) is 0 Å². The molecule has 0 amide bonds. The van der Waals surface area contributed by atoms with Crippen LogP contribution >= 0.6 is 0 Å². The minimum Gasteiger partial charge on any atom is -0.394 e. The average Bonchev–Trinajstić information content (AvgIpc) is 2.17. The van der Waals surface area contributed by atoms with Crippen molar-refractivity contribution >= 4 is 0 Å². The van der Waals surface area contributed by atoms with Gasteiger partial charge >= 0.3 is 0 Å². The average molecular weight is 200 g/mol. The molecule has 1 rings (SSSR count). The predicted molar refractivity (Wildman–Crippen MR) is 59.4 cm³/mol. The lowest BCUT2D eigenvalue weighted by atomic mass is 10.0. The van der Waals surface area contributed by atoms with Crippen LogP contribution in [-0.2, 0) is 0 Å². The fourth-order valence-corrected chi connectivity index (χ4v) is 1.85. The van der Waals surface area contributed by atoms with Crippen LogP contribution in [0.25, 0.3) is 0 Å². The van der Waals surface area contributed by atoms with E-state index in [1.54, 1.807) is 0 Å². The largest absolute Gasteiger partial charge is 0.394 e. The van der Waals surface area contributed by atoms with Gasteiger partial charge in [0.15, 0.2) is 0 Å². The summed E-state index contributed by atoms with van der Waals surface area (Å²) in [7, 11) is 2.19. The van der Waals surface area contributed by atoms with Crippen LogP contribution < -0.4 is 5.32 Å². The van der Waals surface area contributed by atoms with E-state index in [1.807, 2.05) is 13.8 Å². The standard InChI is InChI=1S/C11H24N2O/c1-11(2,9-14)12-8-10-6-4-5-7-13(10)3/h10,12,14H,4-9H2,1-3H3. The number of nitrogens with one attached hydrogen (secondary N) is 1. The maximum absolute atomic E-state index is 9.11. The van der Waals surface area contributed by atoms with Crippen molar-refractivity contribution < 1.29 is 5.11 Å². The van der Waals surface area contributed by atoms with Crippen LogP contribution in [0.2, 0.25) is 0 Å². The Morgan fingerprint density at radius 2 is 2.14 bits per heavy atom. The zero-order chi connectivity index (χ0) is 10.6. The van der Waals surface area contributed by atoms with E-state index >= 15 is 0 Å². The maximum atomic E-state index is 9.11. The van der Waals surface area contributed by atoms with Crippen LogP contribution in [0.15, 0.2) is 0 Å². The smallest absolute Gasteiger partial charge is 0.0607 e. The van der Waals surface area contributed by atoms with Crippen molar-refractivity contribution in [3.05, 3.63) is 0 Å². The third kappa shape index (κ3) is 3.56. The SMILES string of the molecule is CN1CCCCC1CNC(C)(C)CO. The highest BCUT2D eigenvalue weighted by Gasteiger charge is 2.22. The molecule has 1 heterocycles. The summed E-state index contributed by atoms with van der Waals surface area (Å²) in [6.45, 7) is 6.48. The summed E-state index contributed by atoms with van der Waals surface area (Å²) in [6, 6.07) is 0.648. The third-order valence-electron chi connectivity index (χ3n) is 3.13. The molecule has 0 radical (unpaired) electrons. The lowest BCUT2D eigenvalue weighted by Gasteiger charge is -2.35. The first kappa shape index (κ1) is 12.0. The van der Waals surface area contributed by atoms with Gasteiger partial charge < -0.3 is 15.3 Å². The van der Waals surface area contributed by atoms with Gasteiger partial charge in [-0.25, -0.2) is 0 Å². The molecule has 0 saturated carbocycles. The quantitative estimate of drug-likeness (QED) is 0.705. The van der Waals surface area contributed by atoms with Crippen molar-refractivity contribution in [1.29, 1.82) is 0 Å². The number of piperidine rings is 1. The Morgan fingerprint density at radius 1 is 1.43 bits per heavy atom. The minimum absolute atomic E-state index is 0.141. The molecule has 1 aliphatic heterocycles. The van der Waals surface area contributed by atoms with Gasteiger partial charge in [-0.3, -0.25) is 0 Å². The van der Waals surface area contributed by atoms with Gasteiger partial charge in [0.25, 0.3) is 0 Å². The summed E-state index contributed by atoms with van der Waals surface area (Å²) in [5.74, 6) is 0. The molecule has 1 atom stereocenters. The molecule has 1 saturated heterocycles. The number of hydrogen-bond donors (Lipinski definition) is 2. The van der Waals surface area contributed by atoms with Crippen LogP contribution in [0.3, 0.4) is 0 Å². The van der Waals surface area contributed by atoms with Gasteiger partial charge in [0.2, 0.25) is 0 Å². The van der Waals surface area contributed by atoms with Gasteiger partial charge in [0.1, 0.15) is 0 Å². The fourth-order valence-electron chi connectivity index (χ4n) is 1.85. The number of nitrogens with zero attached hydrogens (tertiary/aromatic N) is 1. The van der Waals surface area contributed by atoms with Gasteiger partial charge in [-0.2, -0.15) is 0 Å². The van der Waals surface area contributed by atoms with Crippen LogP contribution in [0, 0.1) is 0 Å². The first-order valence-corrected chi connectivity index (χ1v) is 5.61. The molecular weight excluding hydrogens is 176 g/mol. The fraction of sp³-hybridized carbons (Fsp3) is 1.00. The number of likely N-dealkylation sites (N-methyl/N-ethyl adjacent to an activating group) is 1. The molecular formula is C11H24N2O. The molecule has 1 aliphatic rings. The Balaban J connectivity index is 2.29. The summed E-state index contributed by atoms with van der Waals surface area (Å²) in [5.41, 5.74) is -0.141. The van der Waals surface area contributed by atoms with Crippen molar-refractivity contribution in [3.63, 3.8) is 0 Å². The second kappa shape index (κ2) is 5.10. The maximum Gasteiger partial charge on any atom is 0.0607 e. The molecule has 0 aliphatic carbocycles. The van der Waals surface area contributed by atoms with Crippen molar-refractivity contribution in [2.75, 3.05) is 26.7 Å². The highest BCUT2D eigenvalue weighted by molar-refractivity contribution is 4.82. The van der Waals surface area contributed by atoms with Crippen LogP contribution in [-0.4, -0.2) is 48.3 Å². The number of rotatable bonds is 4. The predicted octanol–water partition coefficient (Wildman–Crippen LogP) is 0.831. The lowest BCUT2D eigenvalue weighted by Crippen LogP contribution is -2.50. The molecule has 0 aromatic carbocycles. The first-order chi connectivity index (χ1) is 6.55. The van der Waals surface area contributed by atoms with Crippen molar-refractivity contribution in [2.45, 2.75) is 44.7 Å². The van der Waals surface area contributed by atoms with E-state index in [0.717, 1.165) is 6.54 Å². The molecule has 0 aromatic heterocycles. The Hall–Kier alpha value is -0.120. The molecule has 2 N–H and O–H groups in total. The van der Waals surface area contributed by atoms with E-state index in [0.29, 0.717) is 6.04 Å². The zero-order valence-corrected chi connectivity index (χ0v) is 9.71. The van der Waals surface area contributed by atoms with E-state index < -0.39 is 0 Å².